The number of benzene rings is 2. The minimum atomic E-state index is -4.13. The summed E-state index contributed by atoms with van der Waals surface area (Å²) < 4.78 is 35.3. The molecule has 0 fully saturated rings. The molecule has 1 aromatic heterocycles. The molecule has 9 nitrogen and oxygen atoms in total. The van der Waals surface area contributed by atoms with Gasteiger partial charge in [-0.25, -0.2) is 13.2 Å². The molecule has 0 spiro atoms. The first-order valence-electron chi connectivity index (χ1n) is 11.1. The zero-order valence-corrected chi connectivity index (χ0v) is 21.6. The second-order valence-electron chi connectivity index (χ2n) is 8.33. The first kappa shape index (κ1) is 26.0. The summed E-state index contributed by atoms with van der Waals surface area (Å²) in [4.78, 5) is 25.2. The quantitative estimate of drug-likeness (QED) is 0.475. The van der Waals surface area contributed by atoms with Crippen molar-refractivity contribution in [2.75, 3.05) is 22.8 Å². The normalized spacial score (nSPS) is 11.3. The van der Waals surface area contributed by atoms with E-state index in [2.05, 4.69) is 10.4 Å². The Kier molecular flexibility index (Phi) is 7.64. The lowest BCUT2D eigenvalue weighted by molar-refractivity contribution is -0.114. The van der Waals surface area contributed by atoms with E-state index in [0.29, 0.717) is 22.8 Å². The number of aryl methyl sites for hydroxylation is 4. The van der Waals surface area contributed by atoms with Crippen LogP contribution in [0.25, 0.3) is 0 Å². The largest absolute Gasteiger partial charge is 0.462 e. The van der Waals surface area contributed by atoms with Gasteiger partial charge >= 0.3 is 5.97 Å². The first-order chi connectivity index (χ1) is 16.4. The number of rotatable bonds is 8. The fourth-order valence-corrected chi connectivity index (χ4v) is 5.73. The third-order valence-electron chi connectivity index (χ3n) is 5.43. The Hall–Kier alpha value is -3.66. The summed E-state index contributed by atoms with van der Waals surface area (Å²) in [7, 11) is -2.46. The van der Waals surface area contributed by atoms with E-state index >= 15 is 0 Å². The number of amides is 1. The third kappa shape index (κ3) is 5.71. The van der Waals surface area contributed by atoms with Crippen LogP contribution in [0.3, 0.4) is 0 Å². The Morgan fingerprint density at radius 1 is 1.06 bits per heavy atom. The van der Waals surface area contributed by atoms with Crippen molar-refractivity contribution in [2.45, 2.75) is 39.5 Å². The number of nitrogens with zero attached hydrogens (tertiary/aromatic N) is 3. The summed E-state index contributed by atoms with van der Waals surface area (Å²) in [6.07, 6.45) is 0. The van der Waals surface area contributed by atoms with Crippen molar-refractivity contribution in [3.05, 3.63) is 70.5 Å². The van der Waals surface area contributed by atoms with Gasteiger partial charge in [0.1, 0.15) is 11.4 Å². The number of nitrogens with one attached hydrogen (secondary N) is 1. The summed E-state index contributed by atoms with van der Waals surface area (Å²) in [6, 6.07) is 11.7. The molecule has 0 atom stereocenters. The van der Waals surface area contributed by atoms with E-state index in [0.717, 1.165) is 15.4 Å². The van der Waals surface area contributed by atoms with Gasteiger partial charge in [0, 0.05) is 12.7 Å². The molecule has 1 N–H and O–H groups in total. The van der Waals surface area contributed by atoms with Crippen LogP contribution in [-0.2, 0) is 26.6 Å². The van der Waals surface area contributed by atoms with Gasteiger partial charge in [-0.2, -0.15) is 5.10 Å². The molecule has 0 bridgehead atoms. The number of anilines is 2. The standard InChI is InChI=1S/C25H30N4O5S/c1-7-34-25(31)20-9-8-10-21(14-20)26-23(30)15-29(22-12-16(2)11-17(3)13-22)35(32,33)24-18(4)27-28(6)19(24)5/h8-14H,7,15H2,1-6H3,(H,26,30). The molecule has 3 aromatic rings. The average Bonchev–Trinajstić information content (AvgIpc) is 3.03. The van der Waals surface area contributed by atoms with Crippen LogP contribution < -0.4 is 9.62 Å². The fraction of sp³-hybridized carbons (Fsp3) is 0.320. The Morgan fingerprint density at radius 3 is 2.29 bits per heavy atom. The van der Waals surface area contributed by atoms with Crippen LogP contribution >= 0.6 is 0 Å². The smallest absolute Gasteiger partial charge is 0.338 e. The van der Waals surface area contributed by atoms with Crippen LogP contribution in [0.5, 0.6) is 0 Å². The Morgan fingerprint density at radius 2 is 1.71 bits per heavy atom. The van der Waals surface area contributed by atoms with E-state index < -0.39 is 28.4 Å². The number of hydrogen-bond donors (Lipinski definition) is 1. The van der Waals surface area contributed by atoms with Crippen molar-refractivity contribution in [3.63, 3.8) is 0 Å². The molecule has 35 heavy (non-hydrogen) atoms. The highest BCUT2D eigenvalue weighted by atomic mass is 32.2. The molecule has 10 heteroatoms. The summed E-state index contributed by atoms with van der Waals surface area (Å²) in [5.74, 6) is -1.07. The molecular weight excluding hydrogens is 468 g/mol. The van der Waals surface area contributed by atoms with Crippen LogP contribution in [0.1, 0.15) is 39.8 Å². The van der Waals surface area contributed by atoms with Gasteiger partial charge in [-0.05, 0) is 76.1 Å². The number of esters is 1. The van der Waals surface area contributed by atoms with E-state index in [1.165, 1.54) is 10.7 Å². The Balaban J connectivity index is 1.99. The lowest BCUT2D eigenvalue weighted by Crippen LogP contribution is -2.38. The Labute approximate surface area is 205 Å². The molecule has 2 aromatic carbocycles. The highest BCUT2D eigenvalue weighted by Crippen LogP contribution is 2.29. The van der Waals surface area contributed by atoms with Gasteiger partial charge in [-0.1, -0.05) is 12.1 Å². The number of ether oxygens (including phenoxy) is 1. The predicted octanol–water partition coefficient (Wildman–Crippen LogP) is 3.66. The molecule has 0 radical (unpaired) electrons. The fourth-order valence-electron chi connectivity index (χ4n) is 3.92. The first-order valence-corrected chi connectivity index (χ1v) is 12.6. The number of carbonyl (C=O) groups excluding carboxylic acids is 2. The number of carbonyl (C=O) groups is 2. The van der Waals surface area contributed by atoms with Gasteiger partial charge in [0.15, 0.2) is 0 Å². The topological polar surface area (TPSA) is 111 Å². The lowest BCUT2D eigenvalue weighted by Gasteiger charge is -2.25. The lowest BCUT2D eigenvalue weighted by atomic mass is 10.1. The maximum absolute atomic E-state index is 13.8. The molecule has 1 amide bonds. The van der Waals surface area contributed by atoms with E-state index in [4.69, 9.17) is 4.74 Å². The third-order valence-corrected chi connectivity index (χ3v) is 7.46. The average molecular weight is 499 g/mol. The van der Waals surface area contributed by atoms with Crippen molar-refractivity contribution in [1.29, 1.82) is 0 Å². The van der Waals surface area contributed by atoms with Gasteiger partial charge in [-0.3, -0.25) is 13.8 Å². The minimum absolute atomic E-state index is 0.0660. The van der Waals surface area contributed by atoms with Crippen molar-refractivity contribution >= 4 is 33.3 Å². The summed E-state index contributed by atoms with van der Waals surface area (Å²) in [5, 5.41) is 6.94. The minimum Gasteiger partial charge on any atom is -0.462 e. The van der Waals surface area contributed by atoms with E-state index in [9.17, 15) is 18.0 Å². The molecule has 0 aliphatic carbocycles. The molecule has 0 saturated carbocycles. The molecule has 3 rings (SSSR count). The van der Waals surface area contributed by atoms with Crippen molar-refractivity contribution in [2.24, 2.45) is 7.05 Å². The maximum Gasteiger partial charge on any atom is 0.338 e. The van der Waals surface area contributed by atoms with E-state index in [1.54, 1.807) is 58.2 Å². The van der Waals surface area contributed by atoms with Gasteiger partial charge in [0.25, 0.3) is 10.0 Å². The predicted molar refractivity (Wildman–Crippen MR) is 134 cm³/mol. The Bertz CT molecular complexity index is 1360. The summed E-state index contributed by atoms with van der Waals surface area (Å²) in [5.41, 5.74) is 3.56. The monoisotopic (exact) mass is 498 g/mol. The van der Waals surface area contributed by atoms with Gasteiger partial charge in [0.2, 0.25) is 5.91 Å². The number of hydrogen-bond acceptors (Lipinski definition) is 6. The maximum atomic E-state index is 13.8. The molecule has 186 valence electrons. The number of aromatic nitrogens is 2. The SMILES string of the molecule is CCOC(=O)c1cccc(NC(=O)CN(c2cc(C)cc(C)c2)S(=O)(=O)c2c(C)nn(C)c2C)c1. The summed E-state index contributed by atoms with van der Waals surface area (Å²) in [6.45, 7) is 8.49. The highest BCUT2D eigenvalue weighted by Gasteiger charge is 2.32. The molecule has 1 heterocycles. The van der Waals surface area contributed by atoms with Crippen LogP contribution in [-0.4, -0.2) is 43.2 Å². The molecule has 0 saturated heterocycles. The van der Waals surface area contributed by atoms with Gasteiger partial charge in [-0.15, -0.1) is 0 Å². The number of sulfonamides is 1. The van der Waals surface area contributed by atoms with Crippen LogP contribution in [0.4, 0.5) is 11.4 Å². The van der Waals surface area contributed by atoms with Crippen molar-refractivity contribution in [1.82, 2.24) is 9.78 Å². The van der Waals surface area contributed by atoms with Crippen LogP contribution in [0, 0.1) is 27.7 Å². The molecular formula is C25H30N4O5S. The molecule has 0 aliphatic rings. The molecule has 0 aliphatic heterocycles. The zero-order chi connectivity index (χ0) is 25.9. The van der Waals surface area contributed by atoms with Gasteiger partial charge < -0.3 is 10.1 Å². The second kappa shape index (κ2) is 10.3. The molecule has 0 unspecified atom stereocenters. The van der Waals surface area contributed by atoms with Crippen LogP contribution in [0.2, 0.25) is 0 Å². The van der Waals surface area contributed by atoms with E-state index in [1.807, 2.05) is 19.9 Å². The van der Waals surface area contributed by atoms with Crippen molar-refractivity contribution < 1.29 is 22.7 Å². The van der Waals surface area contributed by atoms with Gasteiger partial charge in [0.05, 0.1) is 29.2 Å². The van der Waals surface area contributed by atoms with Crippen molar-refractivity contribution in [3.8, 4) is 0 Å². The van der Waals surface area contributed by atoms with E-state index in [-0.39, 0.29) is 17.1 Å². The highest BCUT2D eigenvalue weighted by molar-refractivity contribution is 7.93. The zero-order valence-electron chi connectivity index (χ0n) is 20.7. The summed E-state index contributed by atoms with van der Waals surface area (Å²) >= 11 is 0. The van der Waals surface area contributed by atoms with Crippen LogP contribution in [0.15, 0.2) is 47.4 Å². The second-order valence-corrected chi connectivity index (χ2v) is 10.1.